The van der Waals surface area contributed by atoms with Crippen molar-refractivity contribution in [3.05, 3.63) is 58.0 Å². The van der Waals surface area contributed by atoms with E-state index in [1.807, 2.05) is 4.72 Å². The van der Waals surface area contributed by atoms with E-state index in [0.29, 0.717) is 23.2 Å². The zero-order chi connectivity index (χ0) is 21.7. The van der Waals surface area contributed by atoms with E-state index < -0.39 is 39.0 Å². The third-order valence-electron chi connectivity index (χ3n) is 4.36. The van der Waals surface area contributed by atoms with Crippen LogP contribution in [0, 0.1) is 0 Å². The van der Waals surface area contributed by atoms with Crippen molar-refractivity contribution in [3.8, 4) is 0 Å². The Morgan fingerprint density at radius 2 is 1.66 bits per heavy atom. The Hall–Kier alpha value is -3.28. The van der Waals surface area contributed by atoms with Crippen LogP contribution < -0.4 is 10.4 Å². The number of aryl methyl sites for hydroxylation is 2. The minimum Gasteiger partial charge on any atom is -0.478 e. The molecular weight excluding hydrogens is 415 g/mol. The number of hydrogen-bond acceptors (Lipinski definition) is 4. The largest absolute Gasteiger partial charge is 0.478 e. The van der Waals surface area contributed by atoms with Crippen molar-refractivity contribution in [3.63, 3.8) is 0 Å². The van der Waals surface area contributed by atoms with E-state index in [0.717, 1.165) is 6.07 Å². The number of aromatic carboxylic acids is 1. The number of imidazole rings is 1. The number of carbonyl (C=O) groups is 1. The number of fused-ring (bicyclic) bond motifs is 1. The predicted octanol–water partition coefficient (Wildman–Crippen LogP) is 2.39. The molecule has 0 bridgehead atoms. The van der Waals surface area contributed by atoms with Crippen LogP contribution >= 0.6 is 0 Å². The summed E-state index contributed by atoms with van der Waals surface area (Å²) < 4.78 is 69.2. The summed E-state index contributed by atoms with van der Waals surface area (Å²) in [7, 11) is -1.34. The number of rotatable bonds is 4. The molecule has 154 valence electrons. The van der Waals surface area contributed by atoms with E-state index >= 15 is 0 Å². The van der Waals surface area contributed by atoms with Crippen LogP contribution in [0.3, 0.4) is 0 Å². The molecule has 0 aliphatic rings. The van der Waals surface area contributed by atoms with Crippen LogP contribution in [0.4, 0.5) is 18.9 Å². The van der Waals surface area contributed by atoms with Gasteiger partial charge in [0, 0.05) is 19.8 Å². The van der Waals surface area contributed by atoms with Gasteiger partial charge in [-0.1, -0.05) is 0 Å². The van der Waals surface area contributed by atoms with Gasteiger partial charge in [0.2, 0.25) is 0 Å². The van der Waals surface area contributed by atoms with Gasteiger partial charge in [0.1, 0.15) is 0 Å². The van der Waals surface area contributed by atoms with Gasteiger partial charge in [-0.25, -0.2) is 18.0 Å². The number of nitrogens with one attached hydrogen (secondary N) is 1. The number of carboxylic acid groups (broad SMARTS) is 1. The third kappa shape index (κ3) is 3.58. The molecule has 3 aromatic rings. The summed E-state index contributed by atoms with van der Waals surface area (Å²) >= 11 is 0. The molecule has 0 unspecified atom stereocenters. The normalized spacial score (nSPS) is 12.3. The van der Waals surface area contributed by atoms with Crippen molar-refractivity contribution in [2.45, 2.75) is 11.1 Å². The molecule has 0 atom stereocenters. The van der Waals surface area contributed by atoms with Gasteiger partial charge < -0.3 is 5.11 Å². The highest BCUT2D eigenvalue weighted by atomic mass is 32.2. The minimum absolute atomic E-state index is 0.276. The molecule has 0 radical (unpaired) electrons. The van der Waals surface area contributed by atoms with E-state index in [1.54, 1.807) is 0 Å². The first-order chi connectivity index (χ1) is 13.3. The second-order valence-corrected chi connectivity index (χ2v) is 7.90. The maximum atomic E-state index is 13.1. The van der Waals surface area contributed by atoms with E-state index in [4.69, 9.17) is 5.11 Å². The van der Waals surface area contributed by atoms with E-state index in [9.17, 15) is 31.2 Å². The lowest BCUT2D eigenvalue weighted by atomic mass is 10.1. The highest BCUT2D eigenvalue weighted by Gasteiger charge is 2.36. The molecule has 0 aliphatic heterocycles. The molecule has 12 heteroatoms. The second kappa shape index (κ2) is 6.65. The Labute approximate surface area is 161 Å². The molecule has 0 amide bonds. The molecule has 1 aromatic heterocycles. The maximum Gasteiger partial charge on any atom is 0.417 e. The van der Waals surface area contributed by atoms with E-state index in [-0.39, 0.29) is 10.6 Å². The van der Waals surface area contributed by atoms with Crippen molar-refractivity contribution in [1.82, 2.24) is 9.13 Å². The highest BCUT2D eigenvalue weighted by molar-refractivity contribution is 7.92. The molecule has 1 heterocycles. The second-order valence-electron chi connectivity index (χ2n) is 6.22. The summed E-state index contributed by atoms with van der Waals surface area (Å²) in [5, 5.41) is 8.91. The van der Waals surface area contributed by atoms with Crippen LogP contribution in [-0.2, 0) is 30.3 Å². The summed E-state index contributed by atoms with van der Waals surface area (Å²) in [5.41, 5.74) is -2.52. The first kappa shape index (κ1) is 20.5. The number of benzene rings is 2. The van der Waals surface area contributed by atoms with Crippen LogP contribution in [0.2, 0.25) is 0 Å². The highest BCUT2D eigenvalue weighted by Crippen LogP contribution is 2.34. The summed E-state index contributed by atoms with van der Waals surface area (Å²) in [6, 6.07) is 5.84. The maximum absolute atomic E-state index is 13.1. The van der Waals surface area contributed by atoms with Crippen LogP contribution in [0.1, 0.15) is 15.9 Å². The van der Waals surface area contributed by atoms with E-state index in [2.05, 4.69) is 0 Å². The number of nitrogens with zero attached hydrogens (tertiary/aromatic N) is 2. The molecule has 0 aliphatic carbocycles. The standard InChI is InChI=1S/C17H14F3N3O5S/c1-22-13-6-4-10(8-14(13)23(2)16(22)26)29(27,28)21-9-3-5-11(15(24)25)12(7-9)17(18,19)20/h3-8,21H,1-2H3,(H,24,25). The first-order valence-corrected chi connectivity index (χ1v) is 9.44. The van der Waals surface area contributed by atoms with Crippen LogP contribution in [0.5, 0.6) is 0 Å². The third-order valence-corrected chi connectivity index (χ3v) is 5.74. The summed E-state index contributed by atoms with van der Waals surface area (Å²) in [6.07, 6.45) is -4.99. The molecule has 3 rings (SSSR count). The van der Waals surface area contributed by atoms with Gasteiger partial charge in [0.25, 0.3) is 10.0 Å². The number of sulfonamides is 1. The average molecular weight is 429 g/mol. The van der Waals surface area contributed by atoms with Gasteiger partial charge in [-0.2, -0.15) is 13.2 Å². The van der Waals surface area contributed by atoms with Crippen molar-refractivity contribution in [2.75, 3.05) is 4.72 Å². The quantitative estimate of drug-likeness (QED) is 0.662. The fraction of sp³-hybridized carbons (Fsp3) is 0.176. The number of alkyl halides is 3. The Kier molecular flexibility index (Phi) is 4.69. The monoisotopic (exact) mass is 429 g/mol. The molecule has 2 aromatic carbocycles. The molecule has 2 N–H and O–H groups in total. The number of anilines is 1. The van der Waals surface area contributed by atoms with Gasteiger partial charge in [-0.3, -0.25) is 13.9 Å². The zero-order valence-corrected chi connectivity index (χ0v) is 15.8. The fourth-order valence-electron chi connectivity index (χ4n) is 2.90. The molecule has 0 saturated carbocycles. The van der Waals surface area contributed by atoms with Crippen molar-refractivity contribution >= 4 is 32.7 Å². The Morgan fingerprint density at radius 3 is 2.24 bits per heavy atom. The topological polar surface area (TPSA) is 110 Å². The van der Waals surface area contributed by atoms with Crippen molar-refractivity contribution in [2.24, 2.45) is 14.1 Å². The smallest absolute Gasteiger partial charge is 0.417 e. The minimum atomic E-state index is -4.99. The lowest BCUT2D eigenvalue weighted by Gasteiger charge is -2.14. The van der Waals surface area contributed by atoms with Crippen LogP contribution in [0.15, 0.2) is 46.1 Å². The molecule has 0 fully saturated rings. The molecular formula is C17H14F3N3O5S. The number of carboxylic acids is 1. The lowest BCUT2D eigenvalue weighted by molar-refractivity contribution is -0.138. The van der Waals surface area contributed by atoms with Crippen LogP contribution in [0.25, 0.3) is 11.0 Å². The number of aromatic nitrogens is 2. The van der Waals surface area contributed by atoms with Crippen molar-refractivity contribution < 1.29 is 31.5 Å². The molecule has 0 saturated heterocycles. The van der Waals surface area contributed by atoms with Gasteiger partial charge in [0.05, 0.1) is 27.1 Å². The zero-order valence-electron chi connectivity index (χ0n) is 15.0. The molecule has 29 heavy (non-hydrogen) atoms. The van der Waals surface area contributed by atoms with Gasteiger partial charge in [-0.15, -0.1) is 0 Å². The lowest BCUT2D eigenvalue weighted by Crippen LogP contribution is -2.19. The average Bonchev–Trinajstić information content (AvgIpc) is 2.84. The fourth-order valence-corrected chi connectivity index (χ4v) is 3.97. The van der Waals surface area contributed by atoms with E-state index in [1.165, 1.54) is 41.4 Å². The molecule has 8 nitrogen and oxygen atoms in total. The molecule has 0 spiro atoms. The van der Waals surface area contributed by atoms with Crippen LogP contribution in [-0.4, -0.2) is 28.6 Å². The number of hydrogen-bond donors (Lipinski definition) is 2. The Balaban J connectivity index is 2.06. The summed E-state index contributed by atoms with van der Waals surface area (Å²) in [4.78, 5) is 22.7. The number of halogens is 3. The predicted molar refractivity (Wildman–Crippen MR) is 97.4 cm³/mol. The van der Waals surface area contributed by atoms with Gasteiger partial charge >= 0.3 is 17.8 Å². The Morgan fingerprint density at radius 1 is 1.03 bits per heavy atom. The van der Waals surface area contributed by atoms with Gasteiger partial charge in [0.15, 0.2) is 0 Å². The first-order valence-electron chi connectivity index (χ1n) is 7.96. The van der Waals surface area contributed by atoms with Crippen molar-refractivity contribution in [1.29, 1.82) is 0 Å². The Bertz CT molecular complexity index is 1310. The summed E-state index contributed by atoms with van der Waals surface area (Å²) in [6.45, 7) is 0. The SMILES string of the molecule is Cn1c(=O)n(C)c2cc(S(=O)(=O)Nc3ccc(C(=O)O)c(C(F)(F)F)c3)ccc21. The summed E-state index contributed by atoms with van der Waals surface area (Å²) in [5.74, 6) is -1.79. The van der Waals surface area contributed by atoms with Gasteiger partial charge in [-0.05, 0) is 36.4 Å².